The molecule has 184 valence electrons. The molecule has 4 heterocycles. The predicted octanol–water partition coefficient (Wildman–Crippen LogP) is 5.66. The van der Waals surface area contributed by atoms with Crippen LogP contribution in [0.25, 0.3) is 5.69 Å². The maximum absolute atomic E-state index is 13.9. The van der Waals surface area contributed by atoms with Gasteiger partial charge in [-0.05, 0) is 74.8 Å². The van der Waals surface area contributed by atoms with Crippen molar-refractivity contribution in [2.45, 2.75) is 51.1 Å². The maximum atomic E-state index is 13.9. The quantitative estimate of drug-likeness (QED) is 0.458. The molecule has 2 saturated heterocycles. The highest BCUT2D eigenvalue weighted by molar-refractivity contribution is 7.80. The molecule has 1 N–H and O–H groups in total. The number of hydrogen-bond donors (Lipinski definition) is 1. The number of rotatable bonds is 5. The summed E-state index contributed by atoms with van der Waals surface area (Å²) in [5.41, 5.74) is 2.68. The Bertz CT molecular complexity index is 1220. The number of pyridine rings is 1. The summed E-state index contributed by atoms with van der Waals surface area (Å²) in [7, 11) is 0. The molecule has 0 bridgehead atoms. The SMILES string of the molecule is Cc1cc([C@@H]2[C@H](c3ccccn3)NC(=S)N2C[C@H]2CCCO2)c(C)n1-c1ccccc1C(F)(F)F. The summed E-state index contributed by atoms with van der Waals surface area (Å²) in [6.07, 6.45) is -0.691. The van der Waals surface area contributed by atoms with Crippen LogP contribution < -0.4 is 5.32 Å². The van der Waals surface area contributed by atoms with Crippen molar-refractivity contribution >= 4 is 17.3 Å². The van der Waals surface area contributed by atoms with Gasteiger partial charge < -0.3 is 19.5 Å². The molecule has 1 aromatic carbocycles. The highest BCUT2D eigenvalue weighted by Gasteiger charge is 2.43. The second-order valence-electron chi connectivity index (χ2n) is 9.09. The van der Waals surface area contributed by atoms with Crippen molar-refractivity contribution < 1.29 is 17.9 Å². The zero-order valence-corrected chi connectivity index (χ0v) is 20.4. The van der Waals surface area contributed by atoms with Gasteiger partial charge in [0.2, 0.25) is 0 Å². The summed E-state index contributed by atoms with van der Waals surface area (Å²) in [5.74, 6) is 0. The first-order valence-electron chi connectivity index (χ1n) is 11.7. The highest BCUT2D eigenvalue weighted by Crippen LogP contribution is 2.43. The summed E-state index contributed by atoms with van der Waals surface area (Å²) < 4.78 is 49.2. The first kappa shape index (κ1) is 23.8. The molecule has 0 saturated carbocycles. The Hall–Kier alpha value is -2.91. The van der Waals surface area contributed by atoms with E-state index in [0.717, 1.165) is 48.2 Å². The van der Waals surface area contributed by atoms with Crippen molar-refractivity contribution in [3.63, 3.8) is 0 Å². The Morgan fingerprint density at radius 3 is 2.60 bits per heavy atom. The molecule has 2 aliphatic rings. The first-order valence-corrected chi connectivity index (χ1v) is 12.1. The fourth-order valence-electron chi connectivity index (χ4n) is 5.31. The van der Waals surface area contributed by atoms with Gasteiger partial charge in [-0.15, -0.1) is 0 Å². The molecular formula is C26H27F3N4OS. The van der Waals surface area contributed by atoms with Crippen molar-refractivity contribution in [1.82, 2.24) is 19.8 Å². The summed E-state index contributed by atoms with van der Waals surface area (Å²) >= 11 is 5.75. The minimum absolute atomic E-state index is 0.0641. The Labute approximate surface area is 207 Å². The predicted molar refractivity (Wildman–Crippen MR) is 131 cm³/mol. The van der Waals surface area contributed by atoms with Crippen LogP contribution >= 0.6 is 12.2 Å². The van der Waals surface area contributed by atoms with E-state index < -0.39 is 11.7 Å². The number of nitrogens with one attached hydrogen (secondary N) is 1. The Kier molecular flexibility index (Phi) is 6.31. The number of aryl methyl sites for hydroxylation is 1. The third-order valence-corrected chi connectivity index (χ3v) is 7.21. The molecule has 0 aliphatic carbocycles. The molecule has 3 aromatic rings. The number of halogens is 3. The number of alkyl halides is 3. The number of hydrogen-bond acceptors (Lipinski definition) is 3. The standard InChI is InChI=1S/C26H27F3N4OS/c1-16-14-19(17(2)33(16)22-11-4-3-9-20(22)26(27,28)29)24-23(21-10-5-6-12-30-21)31-25(35)32(24)15-18-8-7-13-34-18/h3-6,9-12,14,18,23-24H,7-8,13,15H2,1-2H3,(H,31,35)/t18-,23+,24-/m1/s1. The van der Waals surface area contributed by atoms with Gasteiger partial charge in [0, 0.05) is 30.7 Å². The molecule has 0 amide bonds. The second kappa shape index (κ2) is 9.28. The number of benzene rings is 1. The molecular weight excluding hydrogens is 473 g/mol. The number of nitrogens with zero attached hydrogens (tertiary/aromatic N) is 3. The molecule has 5 rings (SSSR count). The molecule has 2 aliphatic heterocycles. The molecule has 2 aromatic heterocycles. The summed E-state index contributed by atoms with van der Waals surface area (Å²) in [6.45, 7) is 5.06. The average Bonchev–Trinajstić information content (AvgIpc) is 3.53. The maximum Gasteiger partial charge on any atom is 0.418 e. The van der Waals surface area contributed by atoms with E-state index >= 15 is 0 Å². The summed E-state index contributed by atoms with van der Waals surface area (Å²) in [4.78, 5) is 6.68. The second-order valence-corrected chi connectivity index (χ2v) is 9.48. The molecule has 0 spiro atoms. The fraction of sp³-hybridized carbons (Fsp3) is 0.385. The van der Waals surface area contributed by atoms with Gasteiger partial charge in [0.05, 0.1) is 35.1 Å². The van der Waals surface area contributed by atoms with E-state index in [4.69, 9.17) is 17.0 Å². The van der Waals surface area contributed by atoms with Crippen LogP contribution in [-0.4, -0.2) is 38.8 Å². The van der Waals surface area contributed by atoms with E-state index in [2.05, 4.69) is 15.2 Å². The van der Waals surface area contributed by atoms with Gasteiger partial charge in [0.25, 0.3) is 0 Å². The fourth-order valence-corrected chi connectivity index (χ4v) is 5.63. The molecule has 3 atom stereocenters. The highest BCUT2D eigenvalue weighted by atomic mass is 32.1. The van der Waals surface area contributed by atoms with E-state index in [1.54, 1.807) is 16.8 Å². The lowest BCUT2D eigenvalue weighted by Gasteiger charge is -2.30. The summed E-state index contributed by atoms with van der Waals surface area (Å²) in [5, 5.41) is 4.02. The number of ether oxygens (including phenoxy) is 1. The number of para-hydroxylation sites is 1. The van der Waals surface area contributed by atoms with Crippen LogP contribution in [0.3, 0.4) is 0 Å². The third kappa shape index (κ3) is 4.43. The van der Waals surface area contributed by atoms with Crippen LogP contribution in [-0.2, 0) is 10.9 Å². The lowest BCUT2D eigenvalue weighted by Crippen LogP contribution is -2.36. The molecule has 2 fully saturated rings. The van der Waals surface area contributed by atoms with Crippen LogP contribution in [0.4, 0.5) is 13.2 Å². The average molecular weight is 501 g/mol. The lowest BCUT2D eigenvalue weighted by atomic mass is 9.96. The van der Waals surface area contributed by atoms with Gasteiger partial charge in [-0.3, -0.25) is 4.98 Å². The minimum atomic E-state index is -4.46. The van der Waals surface area contributed by atoms with Crippen molar-refractivity contribution in [2.75, 3.05) is 13.2 Å². The Morgan fingerprint density at radius 2 is 1.91 bits per heavy atom. The van der Waals surface area contributed by atoms with Crippen molar-refractivity contribution in [1.29, 1.82) is 0 Å². The molecule has 0 radical (unpaired) electrons. The van der Waals surface area contributed by atoms with Crippen LogP contribution in [0, 0.1) is 13.8 Å². The van der Waals surface area contributed by atoms with Crippen molar-refractivity contribution in [3.05, 3.63) is 82.9 Å². The van der Waals surface area contributed by atoms with E-state index in [-0.39, 0.29) is 23.9 Å². The van der Waals surface area contributed by atoms with Gasteiger partial charge in [-0.1, -0.05) is 18.2 Å². The van der Waals surface area contributed by atoms with Crippen LogP contribution in [0.1, 0.15) is 53.1 Å². The van der Waals surface area contributed by atoms with E-state index in [9.17, 15) is 13.2 Å². The Balaban J connectivity index is 1.62. The van der Waals surface area contributed by atoms with Gasteiger partial charge in [0.1, 0.15) is 0 Å². The van der Waals surface area contributed by atoms with Crippen LogP contribution in [0.5, 0.6) is 0 Å². The van der Waals surface area contributed by atoms with Gasteiger partial charge in [-0.2, -0.15) is 13.2 Å². The third-order valence-electron chi connectivity index (χ3n) is 6.86. The minimum Gasteiger partial charge on any atom is -0.376 e. The smallest absolute Gasteiger partial charge is 0.376 e. The molecule has 35 heavy (non-hydrogen) atoms. The Morgan fingerprint density at radius 1 is 1.14 bits per heavy atom. The zero-order chi connectivity index (χ0) is 24.7. The summed E-state index contributed by atoms with van der Waals surface area (Å²) in [6, 6.07) is 12.9. The number of thiocarbonyl (C=S) groups is 1. The van der Waals surface area contributed by atoms with E-state index in [0.29, 0.717) is 11.7 Å². The van der Waals surface area contributed by atoms with Gasteiger partial charge in [0.15, 0.2) is 5.11 Å². The topological polar surface area (TPSA) is 42.3 Å². The van der Waals surface area contributed by atoms with Crippen LogP contribution in [0.2, 0.25) is 0 Å². The van der Waals surface area contributed by atoms with E-state index in [1.807, 2.05) is 38.1 Å². The number of aromatic nitrogens is 2. The van der Waals surface area contributed by atoms with Crippen molar-refractivity contribution in [2.24, 2.45) is 0 Å². The normalized spacial score (nSPS) is 22.6. The monoisotopic (exact) mass is 500 g/mol. The van der Waals surface area contributed by atoms with Gasteiger partial charge in [-0.25, -0.2) is 0 Å². The van der Waals surface area contributed by atoms with E-state index in [1.165, 1.54) is 12.1 Å². The van der Waals surface area contributed by atoms with Gasteiger partial charge >= 0.3 is 6.18 Å². The molecule has 0 unspecified atom stereocenters. The van der Waals surface area contributed by atoms with Crippen LogP contribution in [0.15, 0.2) is 54.7 Å². The zero-order valence-electron chi connectivity index (χ0n) is 19.5. The largest absolute Gasteiger partial charge is 0.418 e. The first-order chi connectivity index (χ1) is 16.8. The van der Waals surface area contributed by atoms with Crippen molar-refractivity contribution in [3.8, 4) is 5.69 Å². The molecule has 5 nitrogen and oxygen atoms in total. The lowest BCUT2D eigenvalue weighted by molar-refractivity contribution is -0.137. The molecule has 9 heteroatoms.